The Morgan fingerprint density at radius 1 is 0.933 bits per heavy atom. The van der Waals surface area contributed by atoms with Crippen LogP contribution >= 0.6 is 23.2 Å². The zero-order valence-electron chi connectivity index (χ0n) is 16.2. The second-order valence-corrected chi connectivity index (χ2v) is 7.57. The summed E-state index contributed by atoms with van der Waals surface area (Å²) < 4.78 is 5.81. The fourth-order valence-electron chi connectivity index (χ4n) is 3.08. The van der Waals surface area contributed by atoms with Crippen LogP contribution in [0.1, 0.15) is 18.1 Å². The van der Waals surface area contributed by atoms with E-state index in [0.717, 1.165) is 16.8 Å². The van der Waals surface area contributed by atoms with Gasteiger partial charge in [0.1, 0.15) is 12.4 Å². The van der Waals surface area contributed by atoms with Gasteiger partial charge in [-0.15, -0.1) is 0 Å². The maximum atomic E-state index is 12.8. The van der Waals surface area contributed by atoms with Gasteiger partial charge in [-0.1, -0.05) is 59.6 Å². The molecule has 0 atom stereocenters. The summed E-state index contributed by atoms with van der Waals surface area (Å²) in [5, 5.41) is 6.96. The summed E-state index contributed by atoms with van der Waals surface area (Å²) in [6.07, 6.45) is 1.83. The van der Waals surface area contributed by atoms with Crippen LogP contribution in [0, 0.1) is 0 Å². The van der Waals surface area contributed by atoms with Crippen LogP contribution in [0.2, 0.25) is 10.0 Å². The third-order valence-electron chi connectivity index (χ3n) is 4.70. The number of para-hydroxylation sites is 1. The average Bonchev–Trinajstić information content (AvgIpc) is 3.03. The van der Waals surface area contributed by atoms with Gasteiger partial charge >= 0.3 is 0 Å². The molecular formula is C24H18Cl2N2O2. The summed E-state index contributed by atoms with van der Waals surface area (Å²) in [6, 6.07) is 22.2. The molecule has 0 saturated heterocycles. The van der Waals surface area contributed by atoms with Gasteiger partial charge in [0.25, 0.3) is 5.91 Å². The summed E-state index contributed by atoms with van der Waals surface area (Å²) in [6.45, 7) is 2.10. The van der Waals surface area contributed by atoms with Crippen molar-refractivity contribution in [3.63, 3.8) is 0 Å². The number of halogens is 2. The van der Waals surface area contributed by atoms with Crippen LogP contribution in [0.4, 0.5) is 5.69 Å². The van der Waals surface area contributed by atoms with E-state index in [-0.39, 0.29) is 12.5 Å². The Hall–Kier alpha value is -3.08. The molecule has 0 unspecified atom stereocenters. The number of amides is 1. The topological polar surface area (TPSA) is 41.9 Å². The van der Waals surface area contributed by atoms with E-state index in [4.69, 9.17) is 27.9 Å². The van der Waals surface area contributed by atoms with Gasteiger partial charge in [-0.05, 0) is 55.0 Å². The molecule has 0 fully saturated rings. The summed E-state index contributed by atoms with van der Waals surface area (Å²) in [7, 11) is 0. The maximum absolute atomic E-state index is 12.8. The van der Waals surface area contributed by atoms with E-state index in [1.165, 1.54) is 5.01 Å². The molecule has 0 N–H and O–H groups in total. The van der Waals surface area contributed by atoms with Crippen LogP contribution in [0.3, 0.4) is 0 Å². The van der Waals surface area contributed by atoms with Crippen LogP contribution in [0.15, 0.2) is 83.5 Å². The molecule has 0 radical (unpaired) electrons. The van der Waals surface area contributed by atoms with E-state index in [1.807, 2.05) is 67.6 Å². The number of hydrogen-bond donors (Lipinski definition) is 0. The zero-order chi connectivity index (χ0) is 21.1. The van der Waals surface area contributed by atoms with Crippen molar-refractivity contribution in [1.82, 2.24) is 0 Å². The Morgan fingerprint density at radius 2 is 1.60 bits per heavy atom. The first kappa shape index (κ1) is 20.2. The molecule has 1 amide bonds. The number of anilines is 1. The number of benzene rings is 3. The van der Waals surface area contributed by atoms with Crippen LogP contribution in [-0.2, 0) is 11.4 Å². The van der Waals surface area contributed by atoms with Gasteiger partial charge in [0.15, 0.2) is 0 Å². The van der Waals surface area contributed by atoms with E-state index in [1.54, 1.807) is 18.2 Å². The molecule has 4 nitrogen and oxygen atoms in total. The third kappa shape index (κ3) is 4.25. The fraction of sp³-hybridized carbons (Fsp3) is 0.0833. The molecule has 3 aromatic rings. The normalized spacial score (nSPS) is 14.9. The molecule has 1 heterocycles. The molecule has 0 aromatic heterocycles. The molecular weight excluding hydrogens is 419 g/mol. The molecule has 0 saturated carbocycles. The standard InChI is InChI=1S/C24H18Cl2N2O2/c1-16-20(24(29)28(27-16)18-6-3-2-4-7-18)14-17-10-12-19(13-11-17)30-15-21-22(25)8-5-9-23(21)26/h2-14H,15H2,1H3/b20-14-. The molecule has 0 bridgehead atoms. The first-order valence-electron chi connectivity index (χ1n) is 9.35. The quantitative estimate of drug-likeness (QED) is 0.435. The minimum Gasteiger partial charge on any atom is -0.489 e. The second kappa shape index (κ2) is 8.74. The molecule has 0 spiro atoms. The third-order valence-corrected chi connectivity index (χ3v) is 5.41. The van der Waals surface area contributed by atoms with Crippen molar-refractivity contribution in [2.24, 2.45) is 5.10 Å². The molecule has 0 aliphatic carbocycles. The first-order valence-corrected chi connectivity index (χ1v) is 10.1. The van der Waals surface area contributed by atoms with Crippen molar-refractivity contribution >= 4 is 46.6 Å². The number of hydrazone groups is 1. The molecule has 150 valence electrons. The molecule has 6 heteroatoms. The van der Waals surface area contributed by atoms with E-state index in [9.17, 15) is 4.79 Å². The van der Waals surface area contributed by atoms with Crippen LogP contribution in [0.5, 0.6) is 5.75 Å². The SMILES string of the molecule is CC1=NN(c2ccccc2)C(=O)/C1=C\c1ccc(OCc2c(Cl)cccc2Cl)cc1. The van der Waals surface area contributed by atoms with Crippen molar-refractivity contribution in [2.75, 3.05) is 5.01 Å². The number of ether oxygens (including phenoxy) is 1. The van der Waals surface area contributed by atoms with Crippen molar-refractivity contribution in [3.05, 3.63) is 99.5 Å². The van der Waals surface area contributed by atoms with Gasteiger partial charge in [0.05, 0.1) is 17.0 Å². The van der Waals surface area contributed by atoms with Gasteiger partial charge in [0.2, 0.25) is 0 Å². The lowest BCUT2D eigenvalue weighted by Crippen LogP contribution is -2.21. The molecule has 1 aliphatic rings. The molecule has 1 aliphatic heterocycles. The Bertz CT molecular complexity index is 1120. The number of nitrogens with zero attached hydrogens (tertiary/aromatic N) is 2. The number of carbonyl (C=O) groups excluding carboxylic acids is 1. The summed E-state index contributed by atoms with van der Waals surface area (Å²) in [5.41, 5.74) is 3.61. The Kier molecular flexibility index (Phi) is 5.88. The Morgan fingerprint density at radius 3 is 2.27 bits per heavy atom. The smallest absolute Gasteiger partial charge is 0.280 e. The van der Waals surface area contributed by atoms with Crippen molar-refractivity contribution in [3.8, 4) is 5.75 Å². The number of carbonyl (C=O) groups is 1. The van der Waals surface area contributed by atoms with Crippen molar-refractivity contribution in [1.29, 1.82) is 0 Å². The number of hydrogen-bond acceptors (Lipinski definition) is 3. The average molecular weight is 437 g/mol. The van der Waals surface area contributed by atoms with Crippen LogP contribution in [-0.4, -0.2) is 11.6 Å². The largest absolute Gasteiger partial charge is 0.489 e. The molecule has 4 rings (SSSR count). The summed E-state index contributed by atoms with van der Waals surface area (Å²) in [5.74, 6) is 0.537. The molecule has 30 heavy (non-hydrogen) atoms. The first-order chi connectivity index (χ1) is 14.5. The van der Waals surface area contributed by atoms with Gasteiger partial charge in [-0.2, -0.15) is 10.1 Å². The van der Waals surface area contributed by atoms with Gasteiger partial charge in [0, 0.05) is 15.6 Å². The minimum atomic E-state index is -0.146. The lowest BCUT2D eigenvalue weighted by atomic mass is 10.1. The lowest BCUT2D eigenvalue weighted by Gasteiger charge is -2.11. The van der Waals surface area contributed by atoms with Crippen LogP contribution < -0.4 is 9.75 Å². The Balaban J connectivity index is 1.47. The second-order valence-electron chi connectivity index (χ2n) is 6.75. The van der Waals surface area contributed by atoms with Crippen molar-refractivity contribution in [2.45, 2.75) is 13.5 Å². The van der Waals surface area contributed by atoms with Gasteiger partial charge in [-0.25, -0.2) is 0 Å². The zero-order valence-corrected chi connectivity index (χ0v) is 17.7. The maximum Gasteiger partial charge on any atom is 0.280 e. The van der Waals surface area contributed by atoms with Gasteiger partial charge in [-0.3, -0.25) is 4.79 Å². The predicted octanol–water partition coefficient (Wildman–Crippen LogP) is 6.38. The van der Waals surface area contributed by atoms with E-state index in [0.29, 0.717) is 27.1 Å². The predicted molar refractivity (Wildman–Crippen MR) is 122 cm³/mol. The minimum absolute atomic E-state index is 0.146. The van der Waals surface area contributed by atoms with Gasteiger partial charge < -0.3 is 4.74 Å². The monoisotopic (exact) mass is 436 g/mol. The fourth-order valence-corrected chi connectivity index (χ4v) is 3.59. The van der Waals surface area contributed by atoms with E-state index in [2.05, 4.69) is 5.10 Å². The number of rotatable bonds is 5. The van der Waals surface area contributed by atoms with Crippen LogP contribution in [0.25, 0.3) is 6.08 Å². The molecule has 3 aromatic carbocycles. The highest BCUT2D eigenvalue weighted by Gasteiger charge is 2.28. The summed E-state index contributed by atoms with van der Waals surface area (Å²) in [4.78, 5) is 12.8. The van der Waals surface area contributed by atoms with Crippen molar-refractivity contribution < 1.29 is 9.53 Å². The lowest BCUT2D eigenvalue weighted by molar-refractivity contribution is -0.114. The van der Waals surface area contributed by atoms with E-state index >= 15 is 0 Å². The summed E-state index contributed by atoms with van der Waals surface area (Å²) >= 11 is 12.4. The highest BCUT2D eigenvalue weighted by molar-refractivity contribution is 6.36. The van der Waals surface area contributed by atoms with E-state index < -0.39 is 0 Å². The highest BCUT2D eigenvalue weighted by atomic mass is 35.5. The Labute approximate surface area is 185 Å². The highest BCUT2D eigenvalue weighted by Crippen LogP contribution is 2.27.